The van der Waals surface area contributed by atoms with Gasteiger partial charge in [-0.3, -0.25) is 0 Å². The molecule has 6 nitrogen and oxygen atoms in total. The maximum atomic E-state index is 10.9. The molecule has 1 rings (SSSR count). The first-order chi connectivity index (χ1) is 5.41. The van der Waals surface area contributed by atoms with Crippen LogP contribution in [0.4, 0.5) is 4.79 Å². The Hall–Kier alpha value is -0.820. The summed E-state index contributed by atoms with van der Waals surface area (Å²) in [6.07, 6.45) is -1.04. The van der Waals surface area contributed by atoms with Crippen LogP contribution in [0, 0.1) is 0 Å². The molecule has 4 N–H and O–H groups in total. The van der Waals surface area contributed by atoms with Crippen LogP contribution < -0.4 is 11.1 Å². The van der Waals surface area contributed by atoms with Crippen LogP contribution in [0.15, 0.2) is 0 Å². The highest BCUT2D eigenvalue weighted by molar-refractivity contribution is 7.91. The predicted molar refractivity (Wildman–Crippen MR) is 41.2 cm³/mol. The molecule has 0 aromatic carbocycles. The molecular formula is C5H10N2O4S. The first kappa shape index (κ1) is 9.27. The van der Waals surface area contributed by atoms with Gasteiger partial charge in [0.25, 0.3) is 0 Å². The summed E-state index contributed by atoms with van der Waals surface area (Å²) in [6.45, 7) is 0. The fourth-order valence-electron chi connectivity index (χ4n) is 1.15. The molecule has 2 atom stereocenters. The van der Waals surface area contributed by atoms with E-state index < -0.39 is 28.0 Å². The lowest BCUT2D eigenvalue weighted by Crippen LogP contribution is -2.45. The molecule has 0 spiro atoms. The molecule has 0 radical (unpaired) electrons. The minimum absolute atomic E-state index is 0.239. The number of urea groups is 1. The summed E-state index contributed by atoms with van der Waals surface area (Å²) < 4.78 is 21.8. The van der Waals surface area contributed by atoms with Gasteiger partial charge in [0.2, 0.25) is 0 Å². The normalized spacial score (nSPS) is 33.1. The molecule has 7 heteroatoms. The van der Waals surface area contributed by atoms with Crippen molar-refractivity contribution in [3.8, 4) is 0 Å². The summed E-state index contributed by atoms with van der Waals surface area (Å²) in [5.41, 5.74) is 4.77. The minimum Gasteiger partial charge on any atom is -0.390 e. The minimum atomic E-state index is -3.21. The van der Waals surface area contributed by atoms with E-state index in [0.717, 1.165) is 0 Å². The molecule has 0 aromatic rings. The fourth-order valence-corrected chi connectivity index (χ4v) is 2.89. The maximum absolute atomic E-state index is 10.9. The van der Waals surface area contributed by atoms with Crippen molar-refractivity contribution < 1.29 is 18.3 Å². The van der Waals surface area contributed by atoms with Gasteiger partial charge in [0.05, 0.1) is 23.7 Å². The Morgan fingerprint density at radius 3 is 2.42 bits per heavy atom. The number of carbonyl (C=O) groups excluding carboxylic acids is 1. The molecule has 12 heavy (non-hydrogen) atoms. The van der Waals surface area contributed by atoms with Crippen LogP contribution in [0.2, 0.25) is 0 Å². The van der Waals surface area contributed by atoms with E-state index in [-0.39, 0.29) is 11.5 Å². The number of rotatable bonds is 1. The second kappa shape index (κ2) is 2.91. The zero-order valence-electron chi connectivity index (χ0n) is 6.23. The molecule has 0 bridgehead atoms. The van der Waals surface area contributed by atoms with Crippen LogP contribution in [-0.4, -0.2) is 43.2 Å². The molecule has 0 aliphatic carbocycles. The third-order valence-electron chi connectivity index (χ3n) is 1.65. The Morgan fingerprint density at radius 2 is 2.08 bits per heavy atom. The summed E-state index contributed by atoms with van der Waals surface area (Å²) in [6, 6.07) is -1.58. The van der Waals surface area contributed by atoms with Crippen LogP contribution >= 0.6 is 0 Å². The summed E-state index contributed by atoms with van der Waals surface area (Å²) in [4.78, 5) is 10.3. The molecule has 0 aromatic heterocycles. The molecular weight excluding hydrogens is 184 g/mol. The van der Waals surface area contributed by atoms with Gasteiger partial charge in [-0.25, -0.2) is 13.2 Å². The summed E-state index contributed by atoms with van der Waals surface area (Å²) >= 11 is 0. The van der Waals surface area contributed by atoms with E-state index in [9.17, 15) is 13.2 Å². The second-order valence-electron chi connectivity index (χ2n) is 2.76. The van der Waals surface area contributed by atoms with Crippen LogP contribution in [0.25, 0.3) is 0 Å². The monoisotopic (exact) mass is 194 g/mol. The molecule has 1 aliphatic rings. The van der Waals surface area contributed by atoms with Gasteiger partial charge in [0.15, 0.2) is 9.84 Å². The van der Waals surface area contributed by atoms with E-state index in [1.807, 2.05) is 0 Å². The number of sulfone groups is 1. The van der Waals surface area contributed by atoms with Crippen molar-refractivity contribution >= 4 is 15.9 Å². The lowest BCUT2D eigenvalue weighted by Gasteiger charge is -2.11. The van der Waals surface area contributed by atoms with Gasteiger partial charge in [-0.2, -0.15) is 0 Å². The first-order valence-corrected chi connectivity index (χ1v) is 5.17. The average molecular weight is 194 g/mol. The van der Waals surface area contributed by atoms with Crippen molar-refractivity contribution in [3.63, 3.8) is 0 Å². The molecule has 2 amide bonds. The lowest BCUT2D eigenvalue weighted by molar-refractivity contribution is 0.166. The molecule has 70 valence electrons. The zero-order chi connectivity index (χ0) is 9.35. The van der Waals surface area contributed by atoms with Crippen molar-refractivity contribution in [2.24, 2.45) is 5.73 Å². The third-order valence-corrected chi connectivity index (χ3v) is 3.37. The van der Waals surface area contributed by atoms with Crippen LogP contribution in [0.5, 0.6) is 0 Å². The highest BCUT2D eigenvalue weighted by Gasteiger charge is 2.36. The van der Waals surface area contributed by atoms with Gasteiger partial charge in [0.1, 0.15) is 0 Å². The van der Waals surface area contributed by atoms with E-state index in [0.29, 0.717) is 0 Å². The molecule has 1 saturated heterocycles. The van der Waals surface area contributed by atoms with Crippen molar-refractivity contribution in [3.05, 3.63) is 0 Å². The van der Waals surface area contributed by atoms with Gasteiger partial charge in [-0.15, -0.1) is 0 Å². The SMILES string of the molecule is NC(=O)N[C@H]1CS(=O)(=O)C[C@H]1O. The Balaban J connectivity index is 2.64. The zero-order valence-corrected chi connectivity index (χ0v) is 7.04. The van der Waals surface area contributed by atoms with Crippen LogP contribution in [-0.2, 0) is 9.84 Å². The highest BCUT2D eigenvalue weighted by Crippen LogP contribution is 2.11. The Kier molecular flexibility index (Phi) is 2.25. The number of hydrogen-bond acceptors (Lipinski definition) is 4. The quantitative estimate of drug-likeness (QED) is 0.440. The van der Waals surface area contributed by atoms with Gasteiger partial charge in [0, 0.05) is 0 Å². The molecule has 0 unspecified atom stereocenters. The standard InChI is InChI=1S/C5H10N2O4S/c6-5(9)7-3-1-12(10,11)2-4(3)8/h3-4,8H,1-2H2,(H3,6,7,9)/t3-,4+/m0/s1. The molecule has 1 aliphatic heterocycles. The van der Waals surface area contributed by atoms with Gasteiger partial charge in [-0.05, 0) is 0 Å². The number of nitrogens with two attached hydrogens (primary N) is 1. The van der Waals surface area contributed by atoms with E-state index in [1.165, 1.54) is 0 Å². The van der Waals surface area contributed by atoms with Crippen molar-refractivity contribution in [2.45, 2.75) is 12.1 Å². The Morgan fingerprint density at radius 1 is 1.50 bits per heavy atom. The average Bonchev–Trinajstić information content (AvgIpc) is 2.03. The number of carbonyl (C=O) groups is 1. The molecule has 1 heterocycles. The Bertz CT molecular complexity index is 286. The van der Waals surface area contributed by atoms with Gasteiger partial charge >= 0.3 is 6.03 Å². The van der Waals surface area contributed by atoms with Gasteiger partial charge < -0.3 is 16.2 Å². The van der Waals surface area contributed by atoms with Crippen molar-refractivity contribution in [2.75, 3.05) is 11.5 Å². The second-order valence-corrected chi connectivity index (χ2v) is 4.91. The smallest absolute Gasteiger partial charge is 0.312 e. The lowest BCUT2D eigenvalue weighted by atomic mass is 10.2. The number of aliphatic hydroxyl groups is 1. The molecule has 1 fully saturated rings. The largest absolute Gasteiger partial charge is 0.390 e. The van der Waals surface area contributed by atoms with Crippen molar-refractivity contribution in [1.29, 1.82) is 0 Å². The third kappa shape index (κ3) is 2.08. The van der Waals surface area contributed by atoms with E-state index in [1.54, 1.807) is 0 Å². The first-order valence-electron chi connectivity index (χ1n) is 3.35. The van der Waals surface area contributed by atoms with E-state index >= 15 is 0 Å². The fraction of sp³-hybridized carbons (Fsp3) is 0.800. The highest BCUT2D eigenvalue weighted by atomic mass is 32.2. The Labute approximate surface area is 69.7 Å². The van der Waals surface area contributed by atoms with E-state index in [4.69, 9.17) is 10.8 Å². The number of nitrogens with one attached hydrogen (secondary N) is 1. The van der Waals surface area contributed by atoms with Crippen LogP contribution in [0.1, 0.15) is 0 Å². The van der Waals surface area contributed by atoms with Crippen LogP contribution in [0.3, 0.4) is 0 Å². The number of amides is 2. The predicted octanol–water partition coefficient (Wildman–Crippen LogP) is -2.19. The number of primary amides is 1. The van der Waals surface area contributed by atoms with Crippen molar-refractivity contribution in [1.82, 2.24) is 5.32 Å². The number of aliphatic hydroxyl groups excluding tert-OH is 1. The molecule has 0 saturated carbocycles. The summed E-state index contributed by atoms with van der Waals surface area (Å²) in [5.74, 6) is -0.547. The van der Waals surface area contributed by atoms with Gasteiger partial charge in [-0.1, -0.05) is 0 Å². The summed E-state index contributed by atoms with van der Waals surface area (Å²) in [5, 5.41) is 11.3. The number of hydrogen-bond donors (Lipinski definition) is 3. The van der Waals surface area contributed by atoms with E-state index in [2.05, 4.69) is 5.32 Å². The summed E-state index contributed by atoms with van der Waals surface area (Å²) in [7, 11) is -3.21. The topological polar surface area (TPSA) is 109 Å². The maximum Gasteiger partial charge on any atom is 0.312 e.